The fourth-order valence-corrected chi connectivity index (χ4v) is 3.86. The quantitative estimate of drug-likeness (QED) is 0.458. The van der Waals surface area contributed by atoms with E-state index in [-0.39, 0.29) is 12.3 Å². The molecule has 0 bridgehead atoms. The Morgan fingerprint density at radius 2 is 1.97 bits per heavy atom. The number of hydrogen-bond donors (Lipinski definition) is 2. The lowest BCUT2D eigenvalue weighted by Gasteiger charge is -2.05. The van der Waals surface area contributed by atoms with Crippen LogP contribution in [0.1, 0.15) is 5.69 Å². The fourth-order valence-electron chi connectivity index (χ4n) is 3.86. The van der Waals surface area contributed by atoms with Gasteiger partial charge >= 0.3 is 0 Å². The van der Waals surface area contributed by atoms with Gasteiger partial charge in [-0.1, -0.05) is 6.07 Å². The molecular formula is C23H15FN6O. The number of imidazole rings is 1. The molecule has 0 saturated carbocycles. The highest BCUT2D eigenvalue weighted by atomic mass is 19.1. The number of fused-ring (bicyclic) bond motifs is 3. The molecule has 0 aliphatic heterocycles. The number of benzene rings is 1. The Morgan fingerprint density at radius 1 is 1.03 bits per heavy atom. The predicted molar refractivity (Wildman–Crippen MR) is 115 cm³/mol. The summed E-state index contributed by atoms with van der Waals surface area (Å²) in [6.45, 7) is -0.230. The highest BCUT2D eigenvalue weighted by Gasteiger charge is 2.15. The standard InChI is InChI=1S/C23H15FN6O/c24-19-7-15(11-30-16(12-31)8-28-23(19)30)17-9-27-22-18(17)10-26-21(29-22)14-3-4-20-13(6-14)2-1-5-25-20/h1-11,31H,12H2,(H,26,27,29). The van der Waals surface area contributed by atoms with E-state index in [0.29, 0.717) is 22.7 Å². The number of aromatic amines is 1. The molecule has 6 aromatic rings. The van der Waals surface area contributed by atoms with Gasteiger partial charge in [-0.25, -0.2) is 19.3 Å². The smallest absolute Gasteiger partial charge is 0.173 e. The minimum atomic E-state index is -0.464. The van der Waals surface area contributed by atoms with Gasteiger partial charge in [0.2, 0.25) is 0 Å². The number of nitrogens with one attached hydrogen (secondary N) is 1. The summed E-state index contributed by atoms with van der Waals surface area (Å²) in [6.07, 6.45) is 8.50. The van der Waals surface area contributed by atoms with E-state index in [1.54, 1.807) is 29.2 Å². The Labute approximate surface area is 174 Å². The molecule has 0 aliphatic carbocycles. The fraction of sp³-hybridized carbons (Fsp3) is 0.0435. The number of H-pyrrole nitrogens is 1. The Morgan fingerprint density at radius 3 is 2.87 bits per heavy atom. The van der Waals surface area contributed by atoms with Crippen molar-refractivity contribution in [2.75, 3.05) is 0 Å². The molecule has 1 aromatic carbocycles. The van der Waals surface area contributed by atoms with Gasteiger partial charge in [0.15, 0.2) is 17.3 Å². The van der Waals surface area contributed by atoms with Gasteiger partial charge < -0.3 is 10.1 Å². The van der Waals surface area contributed by atoms with Crippen LogP contribution < -0.4 is 0 Å². The molecule has 150 valence electrons. The first kappa shape index (κ1) is 17.7. The van der Waals surface area contributed by atoms with E-state index in [0.717, 1.165) is 27.4 Å². The number of halogens is 1. The molecule has 0 spiro atoms. The van der Waals surface area contributed by atoms with Crippen molar-refractivity contribution in [1.29, 1.82) is 0 Å². The maximum absolute atomic E-state index is 14.6. The first-order valence-electron chi connectivity index (χ1n) is 9.67. The van der Waals surface area contributed by atoms with Gasteiger partial charge in [0.05, 0.1) is 24.0 Å². The Balaban J connectivity index is 1.47. The lowest BCUT2D eigenvalue weighted by atomic mass is 10.1. The molecule has 6 rings (SSSR count). The zero-order chi connectivity index (χ0) is 20.9. The number of aromatic nitrogens is 6. The molecule has 5 heterocycles. The van der Waals surface area contributed by atoms with Crippen LogP contribution in [0.3, 0.4) is 0 Å². The van der Waals surface area contributed by atoms with Crippen molar-refractivity contribution >= 4 is 27.6 Å². The monoisotopic (exact) mass is 410 g/mol. The van der Waals surface area contributed by atoms with Crippen molar-refractivity contribution in [1.82, 2.24) is 29.3 Å². The molecule has 0 unspecified atom stereocenters. The summed E-state index contributed by atoms with van der Waals surface area (Å²) in [5, 5.41) is 11.3. The molecule has 31 heavy (non-hydrogen) atoms. The predicted octanol–water partition coefficient (Wildman–Crippen LogP) is 4.12. The summed E-state index contributed by atoms with van der Waals surface area (Å²) in [4.78, 5) is 20.7. The largest absolute Gasteiger partial charge is 0.390 e. The molecule has 5 aromatic heterocycles. The van der Waals surface area contributed by atoms with Crippen molar-refractivity contribution in [3.05, 3.63) is 78.9 Å². The van der Waals surface area contributed by atoms with Crippen LogP contribution in [-0.2, 0) is 6.61 Å². The first-order valence-corrected chi connectivity index (χ1v) is 9.67. The van der Waals surface area contributed by atoms with Gasteiger partial charge in [-0.2, -0.15) is 0 Å². The zero-order valence-corrected chi connectivity index (χ0v) is 16.1. The van der Waals surface area contributed by atoms with Gasteiger partial charge in [-0.15, -0.1) is 0 Å². The van der Waals surface area contributed by atoms with Crippen molar-refractivity contribution in [2.45, 2.75) is 6.61 Å². The second-order valence-corrected chi connectivity index (χ2v) is 7.25. The number of rotatable bonds is 3. The third kappa shape index (κ3) is 2.77. The molecule has 0 aliphatic rings. The van der Waals surface area contributed by atoms with Crippen LogP contribution in [0.5, 0.6) is 0 Å². The summed E-state index contributed by atoms with van der Waals surface area (Å²) in [7, 11) is 0. The van der Waals surface area contributed by atoms with Crippen molar-refractivity contribution in [2.24, 2.45) is 0 Å². The minimum absolute atomic E-state index is 0.178. The van der Waals surface area contributed by atoms with E-state index >= 15 is 0 Å². The summed E-state index contributed by atoms with van der Waals surface area (Å²) in [5.41, 5.74) is 4.54. The topological polar surface area (TPSA) is 92.0 Å². The average molecular weight is 410 g/mol. The maximum Gasteiger partial charge on any atom is 0.173 e. The van der Waals surface area contributed by atoms with Crippen molar-refractivity contribution < 1.29 is 9.50 Å². The lowest BCUT2D eigenvalue weighted by Crippen LogP contribution is -1.96. The van der Waals surface area contributed by atoms with Crippen LogP contribution in [-0.4, -0.2) is 34.4 Å². The molecule has 0 fully saturated rings. The van der Waals surface area contributed by atoms with Crippen LogP contribution in [0.4, 0.5) is 4.39 Å². The Bertz CT molecular complexity index is 1600. The van der Waals surface area contributed by atoms with Crippen LogP contribution >= 0.6 is 0 Å². The Kier molecular flexibility index (Phi) is 3.81. The van der Waals surface area contributed by atoms with Gasteiger partial charge in [0.25, 0.3) is 0 Å². The number of aliphatic hydroxyl groups is 1. The molecule has 0 saturated heterocycles. The molecule has 0 radical (unpaired) electrons. The molecule has 0 atom stereocenters. The summed E-state index contributed by atoms with van der Waals surface area (Å²) < 4.78 is 16.1. The number of hydrogen-bond acceptors (Lipinski definition) is 5. The number of aliphatic hydroxyl groups excluding tert-OH is 1. The second-order valence-electron chi connectivity index (χ2n) is 7.25. The summed E-state index contributed by atoms with van der Waals surface area (Å²) >= 11 is 0. The molecule has 8 heteroatoms. The second kappa shape index (κ2) is 6.68. The highest BCUT2D eigenvalue weighted by Crippen LogP contribution is 2.30. The normalized spacial score (nSPS) is 11.7. The van der Waals surface area contributed by atoms with Crippen LogP contribution in [0.2, 0.25) is 0 Å². The van der Waals surface area contributed by atoms with E-state index < -0.39 is 5.82 Å². The van der Waals surface area contributed by atoms with E-state index in [9.17, 15) is 9.50 Å². The first-order chi connectivity index (χ1) is 15.2. The number of nitrogens with zero attached hydrogens (tertiary/aromatic N) is 5. The highest BCUT2D eigenvalue weighted by molar-refractivity contribution is 5.94. The molecule has 7 nitrogen and oxygen atoms in total. The third-order valence-electron chi connectivity index (χ3n) is 5.40. The van der Waals surface area contributed by atoms with Gasteiger partial charge in [0.1, 0.15) is 5.65 Å². The Hall–Kier alpha value is -4.17. The van der Waals surface area contributed by atoms with E-state index in [4.69, 9.17) is 0 Å². The van der Waals surface area contributed by atoms with Gasteiger partial charge in [-0.3, -0.25) is 9.38 Å². The molecule has 0 amide bonds. The SMILES string of the molecule is OCc1cnc2c(F)cc(-c3c[nH]c4nc(-c5ccc6ncccc6c5)ncc34)cn12. The van der Waals surface area contributed by atoms with E-state index in [1.807, 2.05) is 30.3 Å². The number of pyridine rings is 2. The lowest BCUT2D eigenvalue weighted by molar-refractivity contribution is 0.276. The molecular weight excluding hydrogens is 395 g/mol. The van der Waals surface area contributed by atoms with Crippen LogP contribution in [0.25, 0.3) is 50.1 Å². The average Bonchev–Trinajstić information content (AvgIpc) is 3.42. The van der Waals surface area contributed by atoms with Crippen LogP contribution in [0.15, 0.2) is 67.4 Å². The summed E-state index contributed by atoms with van der Waals surface area (Å²) in [6, 6.07) is 11.2. The maximum atomic E-state index is 14.6. The van der Waals surface area contributed by atoms with E-state index in [2.05, 4.69) is 24.9 Å². The minimum Gasteiger partial charge on any atom is -0.390 e. The van der Waals surface area contributed by atoms with Gasteiger partial charge in [0, 0.05) is 52.3 Å². The van der Waals surface area contributed by atoms with Gasteiger partial charge in [-0.05, 0) is 30.3 Å². The zero-order valence-electron chi connectivity index (χ0n) is 16.1. The van der Waals surface area contributed by atoms with Crippen LogP contribution in [0, 0.1) is 5.82 Å². The summed E-state index contributed by atoms with van der Waals surface area (Å²) in [5.74, 6) is 0.124. The van der Waals surface area contributed by atoms with Crippen molar-refractivity contribution in [3.8, 4) is 22.5 Å². The van der Waals surface area contributed by atoms with Crippen molar-refractivity contribution in [3.63, 3.8) is 0 Å². The molecule has 2 N–H and O–H groups in total. The third-order valence-corrected chi connectivity index (χ3v) is 5.40. The van der Waals surface area contributed by atoms with E-state index in [1.165, 1.54) is 12.3 Å².